The lowest BCUT2D eigenvalue weighted by atomic mass is 9.86. The lowest BCUT2D eigenvalue weighted by molar-refractivity contribution is 0.0698. The van der Waals surface area contributed by atoms with Gasteiger partial charge in [0.2, 0.25) is 0 Å². The van der Waals surface area contributed by atoms with Gasteiger partial charge < -0.3 is 10.4 Å². The number of aryl methyl sites for hydroxylation is 1. The summed E-state index contributed by atoms with van der Waals surface area (Å²) in [6.45, 7) is 19.4. The van der Waals surface area contributed by atoms with E-state index in [-0.39, 0.29) is 11.6 Å². The molecule has 1 unspecified atom stereocenters. The van der Waals surface area contributed by atoms with Gasteiger partial charge in [-0.2, -0.15) is 0 Å². The van der Waals surface area contributed by atoms with Crippen LogP contribution in [0.15, 0.2) is 102 Å². The van der Waals surface area contributed by atoms with Gasteiger partial charge in [-0.3, -0.25) is 0 Å². The van der Waals surface area contributed by atoms with Crippen molar-refractivity contribution < 1.29 is 9.90 Å². The fourth-order valence-electron chi connectivity index (χ4n) is 4.95. The normalized spacial score (nSPS) is 13.5. The predicted octanol–water partition coefficient (Wildman–Crippen LogP) is 10.6. The molecule has 0 heterocycles. The van der Waals surface area contributed by atoms with Crippen LogP contribution < -0.4 is 5.32 Å². The lowest BCUT2D eigenvalue weighted by Crippen LogP contribution is -2.13. The van der Waals surface area contributed by atoms with Crippen LogP contribution in [0, 0.1) is 13.8 Å². The third-order valence-corrected chi connectivity index (χ3v) is 8.46. The third kappa shape index (κ3) is 7.25. The van der Waals surface area contributed by atoms with Gasteiger partial charge in [0.25, 0.3) is 0 Å². The first-order valence-electron chi connectivity index (χ1n) is 13.8. The molecule has 0 aliphatic heterocycles. The quantitative estimate of drug-likeness (QED) is 0.233. The molecule has 0 fully saturated rings. The highest BCUT2D eigenvalue weighted by atomic mass is 32.2. The van der Waals surface area contributed by atoms with Gasteiger partial charge in [-0.05, 0) is 99.1 Å². The van der Waals surface area contributed by atoms with Crippen LogP contribution in [0.25, 0.3) is 10.5 Å². The molecule has 0 amide bonds. The molecule has 0 aromatic heterocycles. The molecule has 0 saturated carbocycles. The fourth-order valence-corrected chi connectivity index (χ4v) is 5.89. The van der Waals surface area contributed by atoms with Gasteiger partial charge in [-0.15, -0.1) is 0 Å². The first-order valence-corrected chi connectivity index (χ1v) is 14.6. The van der Waals surface area contributed by atoms with Crippen LogP contribution in [0.3, 0.4) is 0 Å². The summed E-state index contributed by atoms with van der Waals surface area (Å²) in [7, 11) is 0. The van der Waals surface area contributed by atoms with E-state index >= 15 is 0 Å². The van der Waals surface area contributed by atoms with Crippen LogP contribution >= 0.6 is 11.8 Å². The Labute approximate surface area is 244 Å². The second-order valence-corrected chi connectivity index (χ2v) is 11.2. The topological polar surface area (TPSA) is 49.3 Å². The van der Waals surface area contributed by atoms with E-state index in [0.29, 0.717) is 5.69 Å². The Balaban J connectivity index is 2.02. The van der Waals surface area contributed by atoms with Crippen LogP contribution in [0.2, 0.25) is 0 Å². The Morgan fingerprint density at radius 3 is 2.27 bits per heavy atom. The standard InChI is InChI=1S/C36H41NO2S/c1-9-16-30(24(4)25(5)35(10-2)40-28(8)29-17-12-11-13-18-29)33-22-23(3)21-32(26(33)6)27(7)37-34-20-15-14-19-31(34)36(38)39/h10-22,27,37H,8-9H2,1-7H3,(H,38,39)/b25-24+,30-16-,35-10-. The van der Waals surface area contributed by atoms with Gasteiger partial charge in [0.15, 0.2) is 0 Å². The van der Waals surface area contributed by atoms with E-state index in [9.17, 15) is 9.90 Å². The lowest BCUT2D eigenvalue weighted by Gasteiger charge is -2.24. The van der Waals surface area contributed by atoms with Gasteiger partial charge in [0, 0.05) is 21.5 Å². The van der Waals surface area contributed by atoms with Crippen LogP contribution in [0.1, 0.15) is 85.3 Å². The molecule has 0 spiro atoms. The SMILES string of the molecule is C=C(SC(=C\C)/C(C)=C(C)/C(=C/CC)c1cc(C)cc(C(C)Nc2ccccc2C(=O)O)c1C)c1ccccc1. The zero-order valence-corrected chi connectivity index (χ0v) is 25.6. The minimum absolute atomic E-state index is 0.0803. The number of thioether (sulfide) groups is 1. The molecular formula is C36H41NO2S. The second-order valence-electron chi connectivity index (χ2n) is 10.1. The summed E-state index contributed by atoms with van der Waals surface area (Å²) in [5.41, 5.74) is 10.4. The number of hydrogen-bond acceptors (Lipinski definition) is 3. The van der Waals surface area contributed by atoms with Crippen molar-refractivity contribution in [3.8, 4) is 0 Å². The van der Waals surface area contributed by atoms with Crippen molar-refractivity contribution in [2.24, 2.45) is 0 Å². The average molecular weight is 552 g/mol. The van der Waals surface area contributed by atoms with Crippen molar-refractivity contribution in [1.29, 1.82) is 0 Å². The number of para-hydroxylation sites is 1. The van der Waals surface area contributed by atoms with Crippen molar-refractivity contribution in [3.05, 3.63) is 135 Å². The Hall–Kier alpha value is -3.76. The number of anilines is 1. The monoisotopic (exact) mass is 551 g/mol. The third-order valence-electron chi connectivity index (χ3n) is 7.21. The van der Waals surface area contributed by atoms with Crippen molar-refractivity contribution in [1.82, 2.24) is 0 Å². The van der Waals surface area contributed by atoms with E-state index in [1.165, 1.54) is 38.3 Å². The summed E-state index contributed by atoms with van der Waals surface area (Å²) in [5, 5.41) is 13.1. The highest BCUT2D eigenvalue weighted by Crippen LogP contribution is 2.40. The smallest absolute Gasteiger partial charge is 0.337 e. The molecule has 3 nitrogen and oxygen atoms in total. The van der Waals surface area contributed by atoms with Gasteiger partial charge in [0.1, 0.15) is 0 Å². The maximum Gasteiger partial charge on any atom is 0.337 e. The molecule has 3 rings (SSSR count). The van der Waals surface area contributed by atoms with E-state index in [2.05, 4.69) is 96.8 Å². The van der Waals surface area contributed by atoms with E-state index in [1.807, 2.05) is 30.3 Å². The number of carbonyl (C=O) groups is 1. The van der Waals surface area contributed by atoms with Gasteiger partial charge >= 0.3 is 5.97 Å². The Bertz CT molecular complexity index is 1480. The van der Waals surface area contributed by atoms with Crippen LogP contribution in [0.4, 0.5) is 5.69 Å². The maximum absolute atomic E-state index is 11.8. The molecule has 3 aromatic carbocycles. The van der Waals surface area contributed by atoms with Crippen LogP contribution in [-0.2, 0) is 0 Å². The Kier molecular flexibility index (Phi) is 10.8. The average Bonchev–Trinajstić information content (AvgIpc) is 2.95. The molecule has 4 heteroatoms. The predicted molar refractivity (Wildman–Crippen MR) is 175 cm³/mol. The van der Waals surface area contributed by atoms with E-state index < -0.39 is 5.97 Å². The highest BCUT2D eigenvalue weighted by molar-refractivity contribution is 8.12. The molecule has 2 N–H and O–H groups in total. The van der Waals surface area contributed by atoms with Gasteiger partial charge in [-0.25, -0.2) is 4.79 Å². The molecule has 0 bridgehead atoms. The van der Waals surface area contributed by atoms with Crippen molar-refractivity contribution >= 4 is 33.9 Å². The number of rotatable bonds is 11. The molecule has 0 saturated heterocycles. The zero-order chi connectivity index (χ0) is 29.4. The fraction of sp³-hybridized carbons (Fsp3) is 0.250. The molecule has 0 aliphatic carbocycles. The van der Waals surface area contributed by atoms with Crippen LogP contribution in [0.5, 0.6) is 0 Å². The Morgan fingerprint density at radius 1 is 1.00 bits per heavy atom. The molecule has 0 aliphatic rings. The number of allylic oxidation sites excluding steroid dienone is 5. The highest BCUT2D eigenvalue weighted by Gasteiger charge is 2.19. The Morgan fingerprint density at radius 2 is 1.65 bits per heavy atom. The number of carboxylic acids is 1. The minimum atomic E-state index is -0.936. The van der Waals surface area contributed by atoms with E-state index in [0.717, 1.165) is 22.5 Å². The van der Waals surface area contributed by atoms with E-state index in [1.54, 1.807) is 23.9 Å². The number of aromatic carboxylic acids is 1. The second kappa shape index (κ2) is 14.0. The maximum atomic E-state index is 11.8. The summed E-state index contributed by atoms with van der Waals surface area (Å²) in [6.07, 6.45) is 5.39. The number of nitrogens with one attached hydrogen (secondary N) is 1. The molecular weight excluding hydrogens is 510 g/mol. The summed E-state index contributed by atoms with van der Waals surface area (Å²) in [6, 6.07) is 21.8. The van der Waals surface area contributed by atoms with Crippen molar-refractivity contribution in [2.45, 2.75) is 60.9 Å². The van der Waals surface area contributed by atoms with Crippen molar-refractivity contribution in [2.75, 3.05) is 5.32 Å². The zero-order valence-electron chi connectivity index (χ0n) is 24.8. The van der Waals surface area contributed by atoms with Gasteiger partial charge in [-0.1, -0.05) is 97.6 Å². The molecule has 0 radical (unpaired) electrons. The summed E-state index contributed by atoms with van der Waals surface area (Å²) in [5.74, 6) is -0.936. The number of benzene rings is 3. The largest absolute Gasteiger partial charge is 0.478 e. The molecule has 208 valence electrons. The molecule has 40 heavy (non-hydrogen) atoms. The first-order chi connectivity index (χ1) is 19.1. The summed E-state index contributed by atoms with van der Waals surface area (Å²) in [4.78, 5) is 14.0. The summed E-state index contributed by atoms with van der Waals surface area (Å²) < 4.78 is 0. The minimum Gasteiger partial charge on any atom is -0.478 e. The van der Waals surface area contributed by atoms with Crippen molar-refractivity contribution in [3.63, 3.8) is 0 Å². The molecule has 3 aromatic rings. The van der Waals surface area contributed by atoms with Gasteiger partial charge in [0.05, 0.1) is 5.56 Å². The summed E-state index contributed by atoms with van der Waals surface area (Å²) >= 11 is 1.71. The number of hydrogen-bond donors (Lipinski definition) is 2. The first kappa shape index (κ1) is 30.8. The molecule has 1 atom stereocenters. The number of carboxylic acid groups (broad SMARTS) is 1. The van der Waals surface area contributed by atoms with E-state index in [4.69, 9.17) is 0 Å². The van der Waals surface area contributed by atoms with Crippen LogP contribution in [-0.4, -0.2) is 11.1 Å².